The molecule has 1 amide bonds. The first-order chi connectivity index (χ1) is 13.6. The van der Waals surface area contributed by atoms with E-state index in [2.05, 4.69) is 44.2 Å². The van der Waals surface area contributed by atoms with Gasteiger partial charge in [0.05, 0.1) is 6.04 Å². The van der Waals surface area contributed by atoms with Gasteiger partial charge in [-0.05, 0) is 29.9 Å². The molecule has 1 aliphatic heterocycles. The van der Waals surface area contributed by atoms with Crippen molar-refractivity contribution in [1.82, 2.24) is 30.4 Å². The van der Waals surface area contributed by atoms with Crippen LogP contribution >= 0.6 is 0 Å². The third kappa shape index (κ3) is 3.75. The van der Waals surface area contributed by atoms with E-state index in [-0.39, 0.29) is 11.9 Å². The summed E-state index contributed by atoms with van der Waals surface area (Å²) in [4.78, 5) is 17.3. The Kier molecular flexibility index (Phi) is 5.34. The number of hydrogen-bond donors (Lipinski definition) is 2. The lowest BCUT2D eigenvalue weighted by Crippen LogP contribution is -2.32. The van der Waals surface area contributed by atoms with Crippen LogP contribution in [-0.4, -0.2) is 38.7 Å². The molecule has 1 aromatic carbocycles. The van der Waals surface area contributed by atoms with Crippen molar-refractivity contribution in [2.75, 3.05) is 13.1 Å². The molecule has 7 nitrogen and oxygen atoms in total. The highest BCUT2D eigenvalue weighted by Gasteiger charge is 2.25. The van der Waals surface area contributed by atoms with Crippen molar-refractivity contribution < 1.29 is 4.79 Å². The summed E-state index contributed by atoms with van der Waals surface area (Å²) in [5.41, 5.74) is 0.658. The third-order valence-corrected chi connectivity index (χ3v) is 5.14. The first kappa shape index (κ1) is 18.6. The number of carbonyl (C=O) groups is 1. The van der Waals surface area contributed by atoms with E-state index in [1.54, 1.807) is 12.4 Å². The molecule has 146 valence electrons. The molecule has 1 atom stereocenters. The molecule has 0 saturated carbocycles. The fraction of sp³-hybridized carbons (Fsp3) is 0.429. The summed E-state index contributed by atoms with van der Waals surface area (Å²) >= 11 is 0. The van der Waals surface area contributed by atoms with Crippen LogP contribution in [0.25, 0.3) is 10.8 Å². The van der Waals surface area contributed by atoms with Gasteiger partial charge in [-0.3, -0.25) is 9.78 Å². The van der Waals surface area contributed by atoms with Gasteiger partial charge in [-0.2, -0.15) is 0 Å². The molecular weight excluding hydrogens is 352 g/mol. The molecule has 3 heterocycles. The SMILES string of the molecule is CC(C)C[C@H](NC(=O)c1cccc2cnccc12)c1nnc2n1CCNCC2. The number of amides is 1. The number of rotatable bonds is 5. The maximum atomic E-state index is 13.2. The van der Waals surface area contributed by atoms with Crippen molar-refractivity contribution in [3.63, 3.8) is 0 Å². The number of pyridine rings is 1. The smallest absolute Gasteiger partial charge is 0.252 e. The Balaban J connectivity index is 1.66. The molecule has 2 aromatic heterocycles. The first-order valence-corrected chi connectivity index (χ1v) is 9.90. The van der Waals surface area contributed by atoms with E-state index in [9.17, 15) is 4.79 Å². The van der Waals surface area contributed by atoms with Crippen LogP contribution < -0.4 is 10.6 Å². The quantitative estimate of drug-likeness (QED) is 0.713. The van der Waals surface area contributed by atoms with Gasteiger partial charge in [0.1, 0.15) is 5.82 Å². The van der Waals surface area contributed by atoms with Gasteiger partial charge in [0.2, 0.25) is 0 Å². The summed E-state index contributed by atoms with van der Waals surface area (Å²) in [6.07, 6.45) is 5.16. The van der Waals surface area contributed by atoms with Gasteiger partial charge in [-0.1, -0.05) is 26.0 Å². The monoisotopic (exact) mass is 378 g/mol. The van der Waals surface area contributed by atoms with Crippen LogP contribution in [0, 0.1) is 5.92 Å². The van der Waals surface area contributed by atoms with E-state index < -0.39 is 0 Å². The van der Waals surface area contributed by atoms with Crippen LogP contribution in [0.3, 0.4) is 0 Å². The summed E-state index contributed by atoms with van der Waals surface area (Å²) in [5, 5.41) is 17.3. The van der Waals surface area contributed by atoms with Crippen LogP contribution in [0.2, 0.25) is 0 Å². The predicted octanol–water partition coefficient (Wildman–Crippen LogP) is 2.49. The second-order valence-corrected chi connectivity index (χ2v) is 7.68. The molecule has 0 bridgehead atoms. The van der Waals surface area contributed by atoms with E-state index >= 15 is 0 Å². The van der Waals surface area contributed by atoms with Gasteiger partial charge in [0.15, 0.2) is 5.82 Å². The first-order valence-electron chi connectivity index (χ1n) is 9.90. The normalized spacial score (nSPS) is 15.2. The van der Waals surface area contributed by atoms with Crippen LogP contribution in [0.5, 0.6) is 0 Å². The van der Waals surface area contributed by atoms with Gasteiger partial charge >= 0.3 is 0 Å². The molecule has 28 heavy (non-hydrogen) atoms. The second-order valence-electron chi connectivity index (χ2n) is 7.68. The Labute approximate surface area is 164 Å². The Bertz CT molecular complexity index is 975. The molecule has 0 aliphatic carbocycles. The van der Waals surface area contributed by atoms with Gasteiger partial charge in [0.25, 0.3) is 5.91 Å². The topological polar surface area (TPSA) is 84.7 Å². The van der Waals surface area contributed by atoms with Crippen molar-refractivity contribution in [2.45, 2.75) is 39.3 Å². The van der Waals surface area contributed by atoms with E-state index in [0.29, 0.717) is 11.5 Å². The van der Waals surface area contributed by atoms with Gasteiger partial charge in [-0.25, -0.2) is 0 Å². The van der Waals surface area contributed by atoms with Crippen molar-refractivity contribution in [3.05, 3.63) is 53.9 Å². The molecule has 0 radical (unpaired) electrons. The van der Waals surface area contributed by atoms with Crippen LogP contribution in [0.1, 0.15) is 48.3 Å². The fourth-order valence-corrected chi connectivity index (χ4v) is 3.81. The number of benzene rings is 1. The molecule has 1 aliphatic rings. The van der Waals surface area contributed by atoms with Crippen molar-refractivity contribution in [2.24, 2.45) is 5.92 Å². The highest BCUT2D eigenvalue weighted by Crippen LogP contribution is 2.24. The summed E-state index contributed by atoms with van der Waals surface area (Å²) in [7, 11) is 0. The van der Waals surface area contributed by atoms with Crippen LogP contribution in [0.15, 0.2) is 36.7 Å². The highest BCUT2D eigenvalue weighted by molar-refractivity contribution is 6.06. The maximum absolute atomic E-state index is 13.2. The van der Waals surface area contributed by atoms with Gasteiger partial charge in [0, 0.05) is 49.4 Å². The van der Waals surface area contributed by atoms with E-state index in [1.807, 2.05) is 24.3 Å². The number of aromatic nitrogens is 4. The van der Waals surface area contributed by atoms with E-state index in [1.165, 1.54) is 0 Å². The number of carbonyl (C=O) groups excluding carboxylic acids is 1. The minimum absolute atomic E-state index is 0.0912. The largest absolute Gasteiger partial charge is 0.342 e. The Morgan fingerprint density at radius 3 is 3.00 bits per heavy atom. The standard InChI is InChI=1S/C21H26N6O/c1-14(2)12-18(20-26-25-19-7-9-22-10-11-27(19)20)24-21(28)17-5-3-4-15-13-23-8-6-16(15)17/h3-6,8,13-14,18,22H,7,9-12H2,1-2H3,(H,24,28)/t18-/m0/s1. The molecule has 2 N–H and O–H groups in total. The molecule has 4 rings (SSSR count). The summed E-state index contributed by atoms with van der Waals surface area (Å²) in [6.45, 7) is 6.93. The second kappa shape index (κ2) is 8.06. The van der Waals surface area contributed by atoms with Crippen molar-refractivity contribution >= 4 is 16.7 Å². The van der Waals surface area contributed by atoms with Crippen molar-refractivity contribution in [3.8, 4) is 0 Å². The third-order valence-electron chi connectivity index (χ3n) is 5.14. The molecule has 0 spiro atoms. The minimum Gasteiger partial charge on any atom is -0.342 e. The van der Waals surface area contributed by atoms with Crippen LogP contribution in [0.4, 0.5) is 0 Å². The van der Waals surface area contributed by atoms with Crippen molar-refractivity contribution in [1.29, 1.82) is 0 Å². The Hall–Kier alpha value is -2.80. The number of fused-ring (bicyclic) bond motifs is 2. The van der Waals surface area contributed by atoms with E-state index in [4.69, 9.17) is 0 Å². The van der Waals surface area contributed by atoms with Crippen LogP contribution in [-0.2, 0) is 13.0 Å². The highest BCUT2D eigenvalue weighted by atomic mass is 16.1. The van der Waals surface area contributed by atoms with Gasteiger partial charge < -0.3 is 15.2 Å². The molecule has 7 heteroatoms. The van der Waals surface area contributed by atoms with E-state index in [0.717, 1.165) is 54.9 Å². The summed E-state index contributed by atoms with van der Waals surface area (Å²) in [6, 6.07) is 7.43. The zero-order chi connectivity index (χ0) is 19.5. The Morgan fingerprint density at radius 2 is 2.14 bits per heavy atom. The average Bonchev–Trinajstić information content (AvgIpc) is 2.95. The molecule has 0 saturated heterocycles. The maximum Gasteiger partial charge on any atom is 0.252 e. The number of hydrogen-bond acceptors (Lipinski definition) is 5. The lowest BCUT2D eigenvalue weighted by molar-refractivity contribution is 0.0930. The lowest BCUT2D eigenvalue weighted by Gasteiger charge is -2.21. The zero-order valence-corrected chi connectivity index (χ0v) is 16.4. The minimum atomic E-state index is -0.177. The number of nitrogens with one attached hydrogen (secondary N) is 2. The summed E-state index contributed by atoms with van der Waals surface area (Å²) in [5.74, 6) is 2.16. The Morgan fingerprint density at radius 1 is 1.25 bits per heavy atom. The molecular formula is C21H26N6O. The number of nitrogens with zero attached hydrogens (tertiary/aromatic N) is 4. The molecule has 3 aromatic rings. The molecule has 0 unspecified atom stereocenters. The zero-order valence-electron chi connectivity index (χ0n) is 16.4. The lowest BCUT2D eigenvalue weighted by atomic mass is 10.0. The average molecular weight is 378 g/mol. The van der Waals surface area contributed by atoms with Gasteiger partial charge in [-0.15, -0.1) is 10.2 Å². The fourth-order valence-electron chi connectivity index (χ4n) is 3.81. The summed E-state index contributed by atoms with van der Waals surface area (Å²) < 4.78 is 2.17. The molecule has 0 fully saturated rings. The predicted molar refractivity (Wildman–Crippen MR) is 108 cm³/mol.